The molecule has 0 bridgehead atoms. The molecule has 0 spiro atoms. The molecule has 51 heavy (non-hydrogen) atoms. The minimum absolute atomic E-state index is 0.00258. The molecule has 1 aliphatic heterocycles. The molecule has 1 saturated heterocycles. The highest BCUT2D eigenvalue weighted by atomic mass is 16.6. The Balaban J connectivity index is 1.95. The molecule has 0 radical (unpaired) electrons. The molecule has 276 valence electrons. The Morgan fingerprint density at radius 1 is 1.10 bits per heavy atom. The fraction of sp³-hybridized carbons (Fsp3) is 0.528. The second-order valence-electron chi connectivity index (χ2n) is 14.0. The minimum atomic E-state index is -2.20. The maximum absolute atomic E-state index is 13.6. The number of nitrogens with one attached hydrogen (secondary N) is 4. The zero-order valence-electron chi connectivity index (χ0n) is 30.2. The number of aliphatic hydroxyl groups excluding tert-OH is 1. The van der Waals surface area contributed by atoms with E-state index in [-0.39, 0.29) is 41.4 Å². The molecule has 1 aromatic carbocycles. The topological polar surface area (TPSA) is 225 Å². The van der Waals surface area contributed by atoms with Crippen molar-refractivity contribution in [1.82, 2.24) is 15.6 Å². The molecule has 0 unspecified atom stereocenters. The fourth-order valence-corrected chi connectivity index (χ4v) is 5.10. The molecule has 1 aromatic heterocycles. The SMILES string of the molecule is CC(C)[C@H](NC(=O)OC(C)(C)C)C(=O)O[C@H]1[C@@H](O)[C@](C#N)(c2ccc(/C(=N\C=N)NC(=O)[C@H](C)C(C)C)[nH]2)O[C@@H]1COC(=O)Cc1ccccc1. The lowest BCUT2D eigenvalue weighted by atomic mass is 9.92. The largest absolute Gasteiger partial charge is 0.463 e. The van der Waals surface area contributed by atoms with Crippen molar-refractivity contribution in [2.45, 2.75) is 97.4 Å². The number of nitrogens with zero attached hydrogens (tertiary/aromatic N) is 2. The highest BCUT2D eigenvalue weighted by Crippen LogP contribution is 2.41. The van der Waals surface area contributed by atoms with Crippen LogP contribution in [0.1, 0.15) is 72.3 Å². The smallest absolute Gasteiger partial charge is 0.408 e. The first-order valence-corrected chi connectivity index (χ1v) is 16.7. The van der Waals surface area contributed by atoms with Crippen molar-refractivity contribution in [2.75, 3.05) is 6.61 Å². The zero-order valence-corrected chi connectivity index (χ0v) is 30.2. The van der Waals surface area contributed by atoms with E-state index in [9.17, 15) is 29.5 Å². The molecule has 15 nitrogen and oxygen atoms in total. The fourth-order valence-electron chi connectivity index (χ4n) is 5.10. The number of aliphatic imine (C=N–C) groups is 1. The Hall–Kier alpha value is -5.07. The summed E-state index contributed by atoms with van der Waals surface area (Å²) >= 11 is 0. The van der Waals surface area contributed by atoms with Gasteiger partial charge in [0, 0.05) is 5.92 Å². The van der Waals surface area contributed by atoms with Crippen molar-refractivity contribution in [2.24, 2.45) is 22.7 Å². The summed E-state index contributed by atoms with van der Waals surface area (Å²) in [6.07, 6.45) is -4.94. The summed E-state index contributed by atoms with van der Waals surface area (Å²) < 4.78 is 22.7. The summed E-state index contributed by atoms with van der Waals surface area (Å²) in [4.78, 5) is 58.7. The Morgan fingerprint density at radius 2 is 1.76 bits per heavy atom. The predicted molar refractivity (Wildman–Crippen MR) is 185 cm³/mol. The summed E-state index contributed by atoms with van der Waals surface area (Å²) in [5, 5.41) is 34.9. The van der Waals surface area contributed by atoms with Gasteiger partial charge in [0.05, 0.1) is 17.8 Å². The van der Waals surface area contributed by atoms with Crippen LogP contribution in [0.4, 0.5) is 4.79 Å². The van der Waals surface area contributed by atoms with E-state index in [1.165, 1.54) is 12.1 Å². The first-order valence-electron chi connectivity index (χ1n) is 16.7. The number of aromatic amines is 1. The molecule has 6 atom stereocenters. The van der Waals surface area contributed by atoms with Crippen LogP contribution in [0.3, 0.4) is 0 Å². The van der Waals surface area contributed by atoms with Crippen LogP contribution in [0.15, 0.2) is 47.5 Å². The average Bonchev–Trinajstić information content (AvgIpc) is 3.65. The van der Waals surface area contributed by atoms with Crippen LogP contribution in [-0.4, -0.2) is 82.8 Å². The lowest BCUT2D eigenvalue weighted by Crippen LogP contribution is -2.50. The van der Waals surface area contributed by atoms with E-state index >= 15 is 0 Å². The number of H-pyrrole nitrogens is 1. The van der Waals surface area contributed by atoms with Crippen LogP contribution in [-0.2, 0) is 45.4 Å². The average molecular weight is 709 g/mol. The molecule has 1 aliphatic rings. The van der Waals surface area contributed by atoms with E-state index in [1.807, 2.05) is 19.9 Å². The van der Waals surface area contributed by atoms with E-state index in [2.05, 4.69) is 20.6 Å². The van der Waals surface area contributed by atoms with Gasteiger partial charge in [-0.05, 0) is 50.3 Å². The monoisotopic (exact) mass is 708 g/mol. The maximum atomic E-state index is 13.6. The standard InChI is InChI=1S/C36H48N6O9/c1-20(2)22(5)32(45)42-31(39-19-38)24-14-15-26(40-24)36(18-37)30(44)29(25(50-36)17-48-27(43)16-23-12-10-9-11-13-23)49-33(46)28(21(3)4)41-34(47)51-35(6,7)8/h9-15,19-22,25,28-30,40,44H,16-17H2,1-8H3,(H,41,47)(H2,38,39,42,45)/t22-,25-,28+,29-,30-,36+/m1/s1. The number of carbonyl (C=O) groups is 4. The third-order valence-corrected chi connectivity index (χ3v) is 8.23. The van der Waals surface area contributed by atoms with Gasteiger partial charge < -0.3 is 39.7 Å². The molecule has 2 heterocycles. The molecule has 2 aromatic rings. The lowest BCUT2D eigenvalue weighted by molar-refractivity contribution is -0.163. The van der Waals surface area contributed by atoms with Crippen LogP contribution < -0.4 is 10.6 Å². The molecule has 0 saturated carbocycles. The first kappa shape index (κ1) is 40.4. The molecule has 0 aliphatic carbocycles. The van der Waals surface area contributed by atoms with Crippen molar-refractivity contribution in [3.63, 3.8) is 0 Å². The van der Waals surface area contributed by atoms with Gasteiger partial charge in [-0.3, -0.25) is 15.0 Å². The van der Waals surface area contributed by atoms with Crippen LogP contribution in [0.2, 0.25) is 0 Å². The highest BCUT2D eigenvalue weighted by Gasteiger charge is 2.59. The van der Waals surface area contributed by atoms with Crippen LogP contribution >= 0.6 is 0 Å². The van der Waals surface area contributed by atoms with Gasteiger partial charge in [0.1, 0.15) is 42.9 Å². The number of hydrogen-bond donors (Lipinski definition) is 5. The summed E-state index contributed by atoms with van der Waals surface area (Å²) in [6.45, 7) is 13.3. The second kappa shape index (κ2) is 17.2. The van der Waals surface area contributed by atoms with Gasteiger partial charge >= 0.3 is 18.0 Å². The van der Waals surface area contributed by atoms with Crippen molar-refractivity contribution < 1.29 is 43.2 Å². The van der Waals surface area contributed by atoms with E-state index in [0.29, 0.717) is 5.56 Å². The lowest BCUT2D eigenvalue weighted by Gasteiger charge is -2.28. The molecule has 2 amide bonds. The quantitative estimate of drug-likeness (QED) is 0.0881. The van der Waals surface area contributed by atoms with E-state index < -0.39 is 66.1 Å². The van der Waals surface area contributed by atoms with Crippen molar-refractivity contribution in [3.05, 3.63) is 59.4 Å². The third kappa shape index (κ3) is 10.5. The number of amidine groups is 1. The number of rotatable bonds is 13. The number of benzene rings is 1. The Morgan fingerprint density at radius 3 is 2.33 bits per heavy atom. The van der Waals surface area contributed by atoms with Gasteiger partial charge in [0.25, 0.3) is 0 Å². The second-order valence-corrected chi connectivity index (χ2v) is 14.0. The first-order chi connectivity index (χ1) is 23.9. The molecule has 15 heteroatoms. The summed E-state index contributed by atoms with van der Waals surface area (Å²) in [7, 11) is 0. The number of alkyl carbamates (subject to hydrolysis) is 1. The number of hydrogen-bond acceptors (Lipinski definition) is 11. The Bertz CT molecular complexity index is 1630. The number of ether oxygens (including phenoxy) is 4. The number of amides is 2. The van der Waals surface area contributed by atoms with Crippen LogP contribution in [0.5, 0.6) is 0 Å². The van der Waals surface area contributed by atoms with Gasteiger partial charge in [-0.15, -0.1) is 0 Å². The molecule has 3 rings (SSSR count). The van der Waals surface area contributed by atoms with E-state index in [1.54, 1.807) is 71.9 Å². The Labute approximate surface area is 297 Å². The highest BCUT2D eigenvalue weighted by molar-refractivity contribution is 6.09. The summed E-state index contributed by atoms with van der Waals surface area (Å²) in [5.41, 5.74) is -2.16. The van der Waals surface area contributed by atoms with E-state index in [0.717, 1.165) is 6.34 Å². The number of aliphatic hydroxyl groups is 1. The summed E-state index contributed by atoms with van der Waals surface area (Å²) in [5.74, 6) is -2.81. The molecular weight excluding hydrogens is 660 g/mol. The maximum Gasteiger partial charge on any atom is 0.408 e. The predicted octanol–water partition coefficient (Wildman–Crippen LogP) is 3.50. The Kier molecular flexibility index (Phi) is 13.6. The van der Waals surface area contributed by atoms with Crippen LogP contribution in [0.25, 0.3) is 0 Å². The molecule has 1 fully saturated rings. The van der Waals surface area contributed by atoms with Crippen molar-refractivity contribution >= 4 is 36.1 Å². The van der Waals surface area contributed by atoms with Gasteiger partial charge in [-0.1, -0.05) is 65.0 Å². The number of carbonyl (C=O) groups excluding carboxylic acids is 4. The van der Waals surface area contributed by atoms with E-state index in [4.69, 9.17) is 24.4 Å². The van der Waals surface area contributed by atoms with Gasteiger partial charge in [0.2, 0.25) is 11.5 Å². The van der Waals surface area contributed by atoms with Gasteiger partial charge in [-0.2, -0.15) is 5.26 Å². The number of aromatic nitrogens is 1. The van der Waals surface area contributed by atoms with Crippen molar-refractivity contribution in [1.29, 1.82) is 10.7 Å². The normalized spacial score (nSPS) is 21.7. The number of esters is 2. The van der Waals surface area contributed by atoms with Crippen LogP contribution in [0, 0.1) is 34.5 Å². The molecule has 5 N–H and O–H groups in total. The number of nitriles is 1. The van der Waals surface area contributed by atoms with Gasteiger partial charge in [-0.25, -0.2) is 14.6 Å². The third-order valence-electron chi connectivity index (χ3n) is 8.23. The zero-order chi connectivity index (χ0) is 38.1. The van der Waals surface area contributed by atoms with Gasteiger partial charge in [0.15, 0.2) is 11.9 Å². The van der Waals surface area contributed by atoms with Crippen molar-refractivity contribution in [3.8, 4) is 6.07 Å². The minimum Gasteiger partial charge on any atom is -0.463 e. The summed E-state index contributed by atoms with van der Waals surface area (Å²) in [6, 6.07) is 12.5. The molecular formula is C36H48N6O9.